The van der Waals surface area contributed by atoms with Crippen LogP contribution in [0.1, 0.15) is 0 Å². The summed E-state index contributed by atoms with van der Waals surface area (Å²) in [4.78, 5) is 0. The Labute approximate surface area is 75.4 Å². The van der Waals surface area contributed by atoms with Gasteiger partial charge in [0, 0.05) is 17.1 Å². The van der Waals surface area contributed by atoms with Gasteiger partial charge in [-0.05, 0) is 12.1 Å². The number of hydrogen-bond donors (Lipinski definition) is 4. The van der Waals surface area contributed by atoms with Crippen molar-refractivity contribution in [2.75, 3.05) is 5.48 Å². The Hall–Kier alpha value is -0.581. The number of para-hydroxylation sites is 1. The van der Waals surface area contributed by atoms with E-state index in [-0.39, 0.29) is 17.1 Å². The Morgan fingerprint density at radius 3 is 1.82 bits per heavy atom. The van der Waals surface area contributed by atoms with Crippen LogP contribution in [-0.4, -0.2) is 10.4 Å². The Morgan fingerprint density at radius 2 is 1.55 bits per heavy atom. The minimum Gasteiger partial charge on any atom is -0.320 e. The van der Waals surface area contributed by atoms with Crippen LogP contribution in [0.25, 0.3) is 0 Å². The minimum absolute atomic E-state index is 0. The summed E-state index contributed by atoms with van der Waals surface area (Å²) in [5.74, 6) is 3.50. The molecule has 5 N–H and O–H groups in total. The Bertz CT molecular complexity index is 160. The van der Waals surface area contributed by atoms with Gasteiger partial charge in [0.15, 0.2) is 0 Å². The maximum absolute atomic E-state index is 8.29. The van der Waals surface area contributed by atoms with Gasteiger partial charge in [-0.2, -0.15) is 0 Å². The summed E-state index contributed by atoms with van der Waals surface area (Å²) in [7, 11) is 0. The quantitative estimate of drug-likeness (QED) is 0.398. The van der Waals surface area contributed by atoms with Gasteiger partial charge in [0.1, 0.15) is 0 Å². The second-order valence-electron chi connectivity index (χ2n) is 1.48. The summed E-state index contributed by atoms with van der Waals surface area (Å²) in [6.07, 6.45) is 0. The van der Waals surface area contributed by atoms with Crippen LogP contribution in [0.4, 0.5) is 5.69 Å². The molecule has 0 aliphatic rings. The van der Waals surface area contributed by atoms with Crippen molar-refractivity contribution in [2.24, 2.45) is 5.90 Å². The number of nitrogens with two attached hydrogens (primary N) is 1. The minimum atomic E-state index is 0. The van der Waals surface area contributed by atoms with E-state index in [1.54, 1.807) is 12.1 Å². The third kappa shape index (κ3) is 5.84. The van der Waals surface area contributed by atoms with Gasteiger partial charge >= 0.3 is 0 Å². The number of benzene rings is 1. The topological polar surface area (TPSA) is 78.5 Å². The number of hydrogen-bond acceptors (Lipinski definition) is 4. The first-order valence-electron chi connectivity index (χ1n) is 2.64. The Morgan fingerprint density at radius 1 is 1.09 bits per heavy atom. The van der Waals surface area contributed by atoms with E-state index in [0.29, 0.717) is 5.69 Å². The summed E-state index contributed by atoms with van der Waals surface area (Å²) in [6.45, 7) is 0. The molecule has 0 aliphatic carbocycles. The van der Waals surface area contributed by atoms with Gasteiger partial charge in [-0.3, -0.25) is 10.7 Å². The zero-order valence-corrected chi connectivity index (χ0v) is 6.82. The SMILES string of the molecule is NO.ONc1ccccc1.[Fe]. The van der Waals surface area contributed by atoms with Crippen molar-refractivity contribution in [1.29, 1.82) is 0 Å². The monoisotopic (exact) mass is 198 g/mol. The van der Waals surface area contributed by atoms with E-state index in [4.69, 9.17) is 10.4 Å². The van der Waals surface area contributed by atoms with Crippen molar-refractivity contribution in [3.63, 3.8) is 0 Å². The van der Waals surface area contributed by atoms with E-state index >= 15 is 0 Å². The molecule has 0 radical (unpaired) electrons. The van der Waals surface area contributed by atoms with Crippen LogP contribution in [0.5, 0.6) is 0 Å². The van der Waals surface area contributed by atoms with Crippen LogP contribution in [0, 0.1) is 0 Å². The summed E-state index contributed by atoms with van der Waals surface area (Å²) < 4.78 is 0. The molecule has 64 valence electrons. The van der Waals surface area contributed by atoms with E-state index in [2.05, 4.69) is 5.90 Å². The van der Waals surface area contributed by atoms with Crippen molar-refractivity contribution < 1.29 is 27.5 Å². The first-order chi connectivity index (χ1) is 4.93. The maximum atomic E-state index is 8.29. The molecular formula is C6H10FeN2O2. The molecule has 0 fully saturated rings. The fourth-order valence-electron chi connectivity index (χ4n) is 0.513. The Kier molecular flexibility index (Phi) is 11.2. The summed E-state index contributed by atoms with van der Waals surface area (Å²) >= 11 is 0. The maximum Gasteiger partial charge on any atom is 0.0602 e. The van der Waals surface area contributed by atoms with Gasteiger partial charge in [-0.25, -0.2) is 5.90 Å². The molecule has 0 spiro atoms. The van der Waals surface area contributed by atoms with E-state index in [1.807, 2.05) is 23.7 Å². The van der Waals surface area contributed by atoms with Crippen LogP contribution in [0.2, 0.25) is 0 Å². The van der Waals surface area contributed by atoms with Gasteiger partial charge in [0.05, 0.1) is 5.69 Å². The first kappa shape index (κ1) is 13.0. The smallest absolute Gasteiger partial charge is 0.0602 e. The van der Waals surface area contributed by atoms with Crippen molar-refractivity contribution in [2.45, 2.75) is 0 Å². The predicted molar refractivity (Wildman–Crippen MR) is 37.8 cm³/mol. The number of rotatable bonds is 1. The van der Waals surface area contributed by atoms with Crippen LogP contribution >= 0.6 is 0 Å². The molecule has 0 aliphatic heterocycles. The zero-order chi connectivity index (χ0) is 7.82. The average Bonchev–Trinajstić information content (AvgIpc) is 2.10. The van der Waals surface area contributed by atoms with Crippen molar-refractivity contribution >= 4 is 5.69 Å². The van der Waals surface area contributed by atoms with E-state index in [1.165, 1.54) is 0 Å². The molecule has 0 amide bonds. The van der Waals surface area contributed by atoms with Crippen LogP contribution < -0.4 is 11.4 Å². The van der Waals surface area contributed by atoms with Crippen LogP contribution in [0.15, 0.2) is 30.3 Å². The molecule has 0 bridgehead atoms. The normalized spacial score (nSPS) is 6.82. The fourth-order valence-corrected chi connectivity index (χ4v) is 0.513. The molecule has 1 aromatic rings. The Balaban J connectivity index is 0. The first-order valence-corrected chi connectivity index (χ1v) is 2.64. The molecule has 0 aromatic heterocycles. The largest absolute Gasteiger partial charge is 0.320 e. The van der Waals surface area contributed by atoms with Gasteiger partial charge in [0.25, 0.3) is 0 Å². The number of anilines is 1. The van der Waals surface area contributed by atoms with Crippen LogP contribution in [0.3, 0.4) is 0 Å². The van der Waals surface area contributed by atoms with E-state index in [0.717, 1.165) is 0 Å². The van der Waals surface area contributed by atoms with Crippen molar-refractivity contribution in [1.82, 2.24) is 0 Å². The molecule has 0 saturated carbocycles. The van der Waals surface area contributed by atoms with Gasteiger partial charge in [-0.1, -0.05) is 18.2 Å². The summed E-state index contributed by atoms with van der Waals surface area (Å²) in [5.41, 5.74) is 2.74. The standard InChI is InChI=1S/C6H7NO.Fe.H3NO/c8-7-6-4-2-1-3-5-6;;1-2/h1-5,7-8H;;2H,1H2. The molecule has 1 rings (SSSR count). The molecular weight excluding hydrogens is 188 g/mol. The van der Waals surface area contributed by atoms with Gasteiger partial charge < -0.3 is 5.21 Å². The molecule has 11 heavy (non-hydrogen) atoms. The zero-order valence-electron chi connectivity index (χ0n) is 5.71. The number of nitrogens with one attached hydrogen (secondary N) is 1. The molecule has 5 heteroatoms. The molecule has 0 unspecified atom stereocenters. The van der Waals surface area contributed by atoms with E-state index in [9.17, 15) is 0 Å². The molecule has 0 atom stereocenters. The molecule has 0 heterocycles. The molecule has 0 saturated heterocycles. The van der Waals surface area contributed by atoms with Crippen molar-refractivity contribution in [3.8, 4) is 0 Å². The van der Waals surface area contributed by atoms with E-state index < -0.39 is 0 Å². The predicted octanol–water partition coefficient (Wildman–Crippen LogP) is 0.819. The fraction of sp³-hybridized carbons (Fsp3) is 0. The average molecular weight is 198 g/mol. The summed E-state index contributed by atoms with van der Waals surface area (Å²) in [6, 6.07) is 9.14. The second kappa shape index (κ2) is 9.42. The third-order valence-electron chi connectivity index (χ3n) is 0.903. The molecule has 4 nitrogen and oxygen atoms in total. The van der Waals surface area contributed by atoms with Crippen LogP contribution in [-0.2, 0) is 17.1 Å². The van der Waals surface area contributed by atoms with Crippen molar-refractivity contribution in [3.05, 3.63) is 30.3 Å². The molecule has 1 aromatic carbocycles. The third-order valence-corrected chi connectivity index (χ3v) is 0.903. The van der Waals surface area contributed by atoms with Gasteiger partial charge in [-0.15, -0.1) is 0 Å². The summed E-state index contributed by atoms with van der Waals surface area (Å²) in [5, 5.41) is 14.8. The second-order valence-corrected chi connectivity index (χ2v) is 1.48. The van der Waals surface area contributed by atoms with Gasteiger partial charge in [0.2, 0.25) is 0 Å².